The summed E-state index contributed by atoms with van der Waals surface area (Å²) in [5, 5.41) is 0.710. The number of hydrogen-bond donors (Lipinski definition) is 2. The number of fused-ring (bicyclic) bond motifs is 1. The molecule has 3 N–H and O–H groups in total. The van der Waals surface area contributed by atoms with E-state index in [1.165, 1.54) is 0 Å². The minimum atomic E-state index is -0.0128. The molecule has 0 amide bonds. The van der Waals surface area contributed by atoms with Gasteiger partial charge >= 0.3 is 0 Å². The zero-order valence-corrected chi connectivity index (χ0v) is 9.38. The fourth-order valence-electron chi connectivity index (χ4n) is 1.62. The molecule has 0 unspecified atom stereocenters. The van der Waals surface area contributed by atoms with Gasteiger partial charge in [0.05, 0.1) is 17.1 Å². The van der Waals surface area contributed by atoms with Gasteiger partial charge in [0.2, 0.25) is 0 Å². The van der Waals surface area contributed by atoms with Crippen LogP contribution in [0.25, 0.3) is 11.0 Å². The minimum absolute atomic E-state index is 0.0128. The SMILES string of the molecule is CCC[C@H](N)c1nc2ccc(Cl)cc2[nH]1. The predicted molar refractivity (Wildman–Crippen MR) is 62.9 cm³/mol. The van der Waals surface area contributed by atoms with Crippen molar-refractivity contribution in [3.8, 4) is 0 Å². The summed E-state index contributed by atoms with van der Waals surface area (Å²) in [6.45, 7) is 2.11. The number of halogens is 1. The van der Waals surface area contributed by atoms with Crippen LogP contribution in [0.15, 0.2) is 18.2 Å². The Balaban J connectivity index is 2.38. The molecule has 0 aliphatic carbocycles. The number of imidazole rings is 1. The van der Waals surface area contributed by atoms with E-state index in [2.05, 4.69) is 16.9 Å². The molecule has 15 heavy (non-hydrogen) atoms. The van der Waals surface area contributed by atoms with Gasteiger partial charge in [-0.05, 0) is 24.6 Å². The number of hydrogen-bond acceptors (Lipinski definition) is 2. The van der Waals surface area contributed by atoms with Crippen LogP contribution in [0.4, 0.5) is 0 Å². The van der Waals surface area contributed by atoms with Gasteiger partial charge in [0.15, 0.2) is 0 Å². The average Bonchev–Trinajstić information content (AvgIpc) is 2.60. The molecule has 0 saturated carbocycles. The Hall–Kier alpha value is -1.06. The lowest BCUT2D eigenvalue weighted by atomic mass is 10.2. The number of benzene rings is 1. The van der Waals surface area contributed by atoms with Crippen molar-refractivity contribution in [1.29, 1.82) is 0 Å². The summed E-state index contributed by atoms with van der Waals surface area (Å²) in [5.74, 6) is 0.842. The van der Waals surface area contributed by atoms with Crippen LogP contribution < -0.4 is 5.73 Å². The van der Waals surface area contributed by atoms with Crippen LogP contribution in [0, 0.1) is 0 Å². The van der Waals surface area contributed by atoms with E-state index in [9.17, 15) is 0 Å². The van der Waals surface area contributed by atoms with Crippen LogP contribution in [0.2, 0.25) is 5.02 Å². The Kier molecular flexibility index (Phi) is 2.93. The summed E-state index contributed by atoms with van der Waals surface area (Å²) in [6, 6.07) is 5.59. The van der Waals surface area contributed by atoms with Gasteiger partial charge in [0, 0.05) is 5.02 Å². The summed E-state index contributed by atoms with van der Waals surface area (Å²) in [4.78, 5) is 7.63. The second-order valence-corrected chi connectivity index (χ2v) is 4.12. The molecule has 0 radical (unpaired) electrons. The first kappa shape index (κ1) is 10.5. The number of nitrogens with one attached hydrogen (secondary N) is 1. The van der Waals surface area contributed by atoms with Gasteiger partial charge in [-0.2, -0.15) is 0 Å². The van der Waals surface area contributed by atoms with E-state index in [0.29, 0.717) is 5.02 Å². The molecular weight excluding hydrogens is 210 g/mol. The smallest absolute Gasteiger partial charge is 0.124 e. The quantitative estimate of drug-likeness (QED) is 0.841. The van der Waals surface area contributed by atoms with Crippen LogP contribution >= 0.6 is 11.6 Å². The number of nitrogens with zero attached hydrogens (tertiary/aromatic N) is 1. The lowest BCUT2D eigenvalue weighted by molar-refractivity contribution is 0.610. The van der Waals surface area contributed by atoms with Gasteiger partial charge in [-0.1, -0.05) is 24.9 Å². The van der Waals surface area contributed by atoms with Crippen LogP contribution in [0.1, 0.15) is 31.6 Å². The number of nitrogens with two attached hydrogens (primary N) is 1. The topological polar surface area (TPSA) is 54.7 Å². The molecule has 4 heteroatoms. The molecule has 0 spiro atoms. The Bertz CT molecular complexity index is 464. The van der Waals surface area contributed by atoms with Gasteiger partial charge in [0.25, 0.3) is 0 Å². The molecule has 0 aliphatic heterocycles. The lowest BCUT2D eigenvalue weighted by Crippen LogP contribution is -2.11. The Morgan fingerprint density at radius 3 is 3.07 bits per heavy atom. The van der Waals surface area contributed by atoms with Crippen molar-refractivity contribution in [3.63, 3.8) is 0 Å². The molecule has 3 nitrogen and oxygen atoms in total. The summed E-state index contributed by atoms with van der Waals surface area (Å²) >= 11 is 5.89. The third-order valence-corrected chi connectivity index (χ3v) is 2.65. The van der Waals surface area contributed by atoms with E-state index in [1.54, 1.807) is 0 Å². The van der Waals surface area contributed by atoms with Crippen LogP contribution in [0.3, 0.4) is 0 Å². The van der Waals surface area contributed by atoms with Gasteiger partial charge < -0.3 is 10.7 Å². The molecule has 1 aromatic carbocycles. The molecule has 1 atom stereocenters. The van der Waals surface area contributed by atoms with Crippen LogP contribution in [0.5, 0.6) is 0 Å². The number of aromatic amines is 1. The maximum Gasteiger partial charge on any atom is 0.124 e. The Morgan fingerprint density at radius 2 is 2.33 bits per heavy atom. The second kappa shape index (κ2) is 4.21. The van der Waals surface area contributed by atoms with Crippen molar-refractivity contribution in [2.24, 2.45) is 5.73 Å². The van der Waals surface area contributed by atoms with Crippen LogP contribution in [-0.2, 0) is 0 Å². The minimum Gasteiger partial charge on any atom is -0.341 e. The molecule has 2 rings (SSSR count). The van der Waals surface area contributed by atoms with Crippen LogP contribution in [-0.4, -0.2) is 9.97 Å². The summed E-state index contributed by atoms with van der Waals surface area (Å²) in [7, 11) is 0. The van der Waals surface area contributed by atoms with E-state index in [4.69, 9.17) is 17.3 Å². The fourth-order valence-corrected chi connectivity index (χ4v) is 1.80. The van der Waals surface area contributed by atoms with E-state index in [1.807, 2.05) is 18.2 Å². The zero-order valence-electron chi connectivity index (χ0n) is 8.63. The second-order valence-electron chi connectivity index (χ2n) is 3.68. The number of H-pyrrole nitrogens is 1. The first-order chi connectivity index (χ1) is 7.20. The van der Waals surface area contributed by atoms with Gasteiger partial charge in [-0.3, -0.25) is 0 Å². The number of rotatable bonds is 3. The largest absolute Gasteiger partial charge is 0.341 e. The molecule has 0 bridgehead atoms. The first-order valence-corrected chi connectivity index (χ1v) is 5.49. The first-order valence-electron chi connectivity index (χ1n) is 5.11. The third kappa shape index (κ3) is 2.13. The van der Waals surface area contributed by atoms with Crippen molar-refractivity contribution in [2.45, 2.75) is 25.8 Å². The highest BCUT2D eigenvalue weighted by Crippen LogP contribution is 2.20. The van der Waals surface area contributed by atoms with E-state index in [0.717, 1.165) is 29.7 Å². The van der Waals surface area contributed by atoms with Crippen molar-refractivity contribution in [2.75, 3.05) is 0 Å². The molecule has 1 heterocycles. The van der Waals surface area contributed by atoms with Gasteiger partial charge in [-0.25, -0.2) is 4.98 Å². The molecule has 1 aromatic heterocycles. The highest BCUT2D eigenvalue weighted by Gasteiger charge is 2.10. The van der Waals surface area contributed by atoms with E-state index in [-0.39, 0.29) is 6.04 Å². The molecule has 0 aliphatic rings. The molecule has 0 fully saturated rings. The predicted octanol–water partition coefficient (Wildman–Crippen LogP) is 3.02. The molecular formula is C11H14ClN3. The summed E-state index contributed by atoms with van der Waals surface area (Å²) in [5.41, 5.74) is 7.85. The van der Waals surface area contributed by atoms with E-state index >= 15 is 0 Å². The van der Waals surface area contributed by atoms with Gasteiger partial charge in [0.1, 0.15) is 5.82 Å². The Morgan fingerprint density at radius 1 is 1.53 bits per heavy atom. The van der Waals surface area contributed by atoms with E-state index < -0.39 is 0 Å². The molecule has 80 valence electrons. The third-order valence-electron chi connectivity index (χ3n) is 2.41. The van der Waals surface area contributed by atoms with Crippen molar-refractivity contribution in [3.05, 3.63) is 29.0 Å². The van der Waals surface area contributed by atoms with Crippen molar-refractivity contribution in [1.82, 2.24) is 9.97 Å². The lowest BCUT2D eigenvalue weighted by Gasteiger charge is -2.04. The highest BCUT2D eigenvalue weighted by atomic mass is 35.5. The summed E-state index contributed by atoms with van der Waals surface area (Å²) < 4.78 is 0. The molecule has 2 aromatic rings. The number of aromatic nitrogens is 2. The fraction of sp³-hybridized carbons (Fsp3) is 0.364. The molecule has 0 saturated heterocycles. The Labute approximate surface area is 93.6 Å². The standard InChI is InChI=1S/C11H14ClN3/c1-2-3-8(13)11-14-9-5-4-7(12)6-10(9)15-11/h4-6,8H,2-3,13H2,1H3,(H,14,15)/t8-/m0/s1. The summed E-state index contributed by atoms with van der Waals surface area (Å²) in [6.07, 6.45) is 1.99. The average molecular weight is 224 g/mol. The maximum absolute atomic E-state index is 5.98. The van der Waals surface area contributed by atoms with Gasteiger partial charge in [-0.15, -0.1) is 0 Å². The monoisotopic (exact) mass is 223 g/mol. The highest BCUT2D eigenvalue weighted by molar-refractivity contribution is 6.31. The van der Waals surface area contributed by atoms with Crippen molar-refractivity contribution >= 4 is 22.6 Å². The van der Waals surface area contributed by atoms with Crippen molar-refractivity contribution < 1.29 is 0 Å². The maximum atomic E-state index is 5.98. The zero-order chi connectivity index (χ0) is 10.8. The normalized spacial score (nSPS) is 13.3.